The lowest BCUT2D eigenvalue weighted by atomic mass is 9.97. The van der Waals surface area contributed by atoms with Crippen LogP contribution >= 0.6 is 50.7 Å². The number of carbonyl (C=O) groups excluding carboxylic acids is 1. The maximum absolute atomic E-state index is 13.9. The number of halogens is 7. The SMILES string of the molecule is O=C(Nc1ccc(Cl)c(Cl)c1)c1nn2c(c1Cl)N[C@@H](c1ccc(Br)cc1)C[C@@H]2C(F)(F)F. The molecule has 12 heteroatoms. The standard InChI is InChI=1S/C20H13BrCl3F3N4O/c21-10-3-1-9(2-4-10)14-8-15(20(25,26)27)31-18(29-14)16(24)17(30-31)19(32)28-11-5-6-12(22)13(23)7-11/h1-7,14-15,29H,8H2,(H,28,32)/t14-,15-/m1/s1. The highest BCUT2D eigenvalue weighted by Gasteiger charge is 2.47. The Morgan fingerprint density at radius 1 is 1.12 bits per heavy atom. The van der Waals surface area contributed by atoms with E-state index in [1.807, 2.05) is 0 Å². The largest absolute Gasteiger partial charge is 0.410 e. The van der Waals surface area contributed by atoms with E-state index < -0.39 is 24.2 Å². The summed E-state index contributed by atoms with van der Waals surface area (Å²) in [5.41, 5.74) is 0.596. The molecule has 4 rings (SSSR count). The van der Waals surface area contributed by atoms with E-state index >= 15 is 0 Å². The molecule has 0 spiro atoms. The highest BCUT2D eigenvalue weighted by molar-refractivity contribution is 9.10. The Morgan fingerprint density at radius 3 is 2.44 bits per heavy atom. The van der Waals surface area contributed by atoms with Crippen LogP contribution in [0.1, 0.15) is 34.6 Å². The van der Waals surface area contributed by atoms with Crippen molar-refractivity contribution in [2.45, 2.75) is 24.7 Å². The van der Waals surface area contributed by atoms with Crippen LogP contribution < -0.4 is 10.6 Å². The molecular formula is C20H13BrCl3F3N4O. The fourth-order valence-electron chi connectivity index (χ4n) is 3.41. The number of hydrogen-bond donors (Lipinski definition) is 2. The molecule has 0 fully saturated rings. The molecule has 0 aliphatic carbocycles. The first kappa shape index (κ1) is 23.2. The van der Waals surface area contributed by atoms with Crippen molar-refractivity contribution >= 4 is 68.1 Å². The summed E-state index contributed by atoms with van der Waals surface area (Å²) in [7, 11) is 0. The molecule has 2 aromatic carbocycles. The Bertz CT molecular complexity index is 1180. The second-order valence-electron chi connectivity index (χ2n) is 7.08. The van der Waals surface area contributed by atoms with Gasteiger partial charge in [0.2, 0.25) is 0 Å². The zero-order valence-corrected chi connectivity index (χ0v) is 19.7. The van der Waals surface area contributed by atoms with Gasteiger partial charge in [0.1, 0.15) is 10.8 Å². The first-order chi connectivity index (χ1) is 15.0. The Balaban J connectivity index is 1.69. The van der Waals surface area contributed by atoms with Crippen LogP contribution in [0.15, 0.2) is 46.9 Å². The Morgan fingerprint density at radius 2 is 1.81 bits per heavy atom. The average Bonchev–Trinajstić information content (AvgIpc) is 3.06. The summed E-state index contributed by atoms with van der Waals surface area (Å²) in [5.74, 6) is -0.856. The zero-order chi connectivity index (χ0) is 23.2. The van der Waals surface area contributed by atoms with Gasteiger partial charge in [-0.2, -0.15) is 18.3 Å². The number of nitrogens with zero attached hydrogens (tertiary/aromatic N) is 2. The number of hydrogen-bond acceptors (Lipinski definition) is 3. The molecule has 0 saturated carbocycles. The Hall–Kier alpha value is -1.94. The topological polar surface area (TPSA) is 59.0 Å². The quantitative estimate of drug-likeness (QED) is 0.344. The van der Waals surface area contributed by atoms with Crippen LogP contribution in [0.3, 0.4) is 0 Å². The predicted octanol–water partition coefficient (Wildman–Crippen LogP) is 7.52. The third-order valence-corrected chi connectivity index (χ3v) is 6.59. The molecule has 1 aliphatic rings. The number of nitrogens with one attached hydrogen (secondary N) is 2. The lowest BCUT2D eigenvalue weighted by Crippen LogP contribution is -2.35. The van der Waals surface area contributed by atoms with Gasteiger partial charge in [-0.1, -0.05) is 62.9 Å². The Labute approximate surface area is 204 Å². The van der Waals surface area contributed by atoms with Gasteiger partial charge in [-0.05, 0) is 35.9 Å². The number of carbonyl (C=O) groups is 1. The number of alkyl halides is 3. The molecule has 5 nitrogen and oxygen atoms in total. The summed E-state index contributed by atoms with van der Waals surface area (Å²) in [5, 5.41) is 9.70. The van der Waals surface area contributed by atoms with Gasteiger partial charge >= 0.3 is 6.18 Å². The van der Waals surface area contributed by atoms with Crippen LogP contribution in [0.25, 0.3) is 0 Å². The van der Waals surface area contributed by atoms with Crippen molar-refractivity contribution in [1.82, 2.24) is 9.78 Å². The van der Waals surface area contributed by atoms with Gasteiger partial charge in [0.15, 0.2) is 11.7 Å². The van der Waals surface area contributed by atoms with E-state index in [2.05, 4.69) is 31.7 Å². The third kappa shape index (κ3) is 4.57. The molecule has 168 valence electrons. The lowest BCUT2D eigenvalue weighted by molar-refractivity contribution is -0.173. The number of benzene rings is 2. The van der Waals surface area contributed by atoms with Crippen molar-refractivity contribution in [3.05, 3.63) is 73.3 Å². The van der Waals surface area contributed by atoms with E-state index in [0.29, 0.717) is 11.3 Å². The second-order valence-corrected chi connectivity index (χ2v) is 9.19. The summed E-state index contributed by atoms with van der Waals surface area (Å²) < 4.78 is 43.2. The molecule has 2 atom stereocenters. The number of fused-ring (bicyclic) bond motifs is 1. The molecule has 1 aliphatic heterocycles. The van der Waals surface area contributed by atoms with E-state index in [1.54, 1.807) is 24.3 Å². The molecule has 32 heavy (non-hydrogen) atoms. The van der Waals surface area contributed by atoms with Crippen molar-refractivity contribution in [2.75, 3.05) is 10.6 Å². The van der Waals surface area contributed by atoms with Crippen molar-refractivity contribution in [2.24, 2.45) is 0 Å². The number of amides is 1. The van der Waals surface area contributed by atoms with Gasteiger partial charge < -0.3 is 10.6 Å². The molecule has 0 radical (unpaired) electrons. The number of aromatic nitrogens is 2. The van der Waals surface area contributed by atoms with E-state index in [9.17, 15) is 18.0 Å². The fourth-order valence-corrected chi connectivity index (χ4v) is 4.24. The molecule has 1 aromatic heterocycles. The zero-order valence-electron chi connectivity index (χ0n) is 15.9. The molecule has 0 saturated heterocycles. The van der Waals surface area contributed by atoms with E-state index in [0.717, 1.165) is 9.15 Å². The van der Waals surface area contributed by atoms with Crippen LogP contribution in [0.2, 0.25) is 15.1 Å². The van der Waals surface area contributed by atoms with Gasteiger partial charge in [-0.3, -0.25) is 4.79 Å². The summed E-state index contributed by atoms with van der Waals surface area (Å²) in [4.78, 5) is 12.7. The highest BCUT2D eigenvalue weighted by atomic mass is 79.9. The summed E-state index contributed by atoms with van der Waals surface area (Å²) in [6.45, 7) is 0. The van der Waals surface area contributed by atoms with Gasteiger partial charge in [0.05, 0.1) is 16.1 Å². The van der Waals surface area contributed by atoms with E-state index in [4.69, 9.17) is 34.8 Å². The first-order valence-corrected chi connectivity index (χ1v) is 11.1. The van der Waals surface area contributed by atoms with Gasteiger partial charge in [0.25, 0.3) is 5.91 Å². The van der Waals surface area contributed by atoms with Crippen LogP contribution in [-0.4, -0.2) is 21.9 Å². The smallest absolute Gasteiger partial charge is 0.362 e. The van der Waals surface area contributed by atoms with Crippen LogP contribution in [-0.2, 0) is 0 Å². The van der Waals surface area contributed by atoms with Crippen LogP contribution in [0, 0.1) is 0 Å². The van der Waals surface area contributed by atoms with Crippen molar-refractivity contribution < 1.29 is 18.0 Å². The second kappa shape index (κ2) is 8.78. The molecular weight excluding hydrogens is 556 g/mol. The summed E-state index contributed by atoms with van der Waals surface area (Å²) in [6, 6.07) is 8.65. The molecule has 3 aromatic rings. The van der Waals surface area contributed by atoms with Crippen LogP contribution in [0.4, 0.5) is 24.7 Å². The average molecular weight is 569 g/mol. The molecule has 0 unspecified atom stereocenters. The van der Waals surface area contributed by atoms with Crippen molar-refractivity contribution in [3.8, 4) is 0 Å². The third-order valence-electron chi connectivity index (χ3n) is 4.96. The fraction of sp³-hybridized carbons (Fsp3) is 0.200. The normalized spacial score (nSPS) is 18.1. The van der Waals surface area contributed by atoms with Gasteiger partial charge in [-0.25, -0.2) is 4.68 Å². The van der Waals surface area contributed by atoms with Crippen LogP contribution in [0.5, 0.6) is 0 Å². The monoisotopic (exact) mass is 566 g/mol. The minimum atomic E-state index is -4.60. The van der Waals surface area contributed by atoms with E-state index in [1.165, 1.54) is 18.2 Å². The van der Waals surface area contributed by atoms with Gasteiger partial charge in [0, 0.05) is 16.6 Å². The van der Waals surface area contributed by atoms with Crippen molar-refractivity contribution in [1.29, 1.82) is 0 Å². The highest BCUT2D eigenvalue weighted by Crippen LogP contribution is 2.46. The minimum Gasteiger partial charge on any atom is -0.362 e. The first-order valence-electron chi connectivity index (χ1n) is 9.17. The molecule has 2 heterocycles. The molecule has 2 N–H and O–H groups in total. The predicted molar refractivity (Wildman–Crippen MR) is 122 cm³/mol. The maximum Gasteiger partial charge on any atom is 0.410 e. The van der Waals surface area contributed by atoms with Gasteiger partial charge in [-0.15, -0.1) is 0 Å². The molecule has 0 bridgehead atoms. The molecule has 1 amide bonds. The number of anilines is 2. The maximum atomic E-state index is 13.9. The van der Waals surface area contributed by atoms with Crippen molar-refractivity contribution in [3.63, 3.8) is 0 Å². The summed E-state index contributed by atoms with van der Waals surface area (Å²) >= 11 is 21.4. The number of rotatable bonds is 3. The minimum absolute atomic E-state index is 0.0764. The Kier molecular flexibility index (Phi) is 6.37. The lowest BCUT2D eigenvalue weighted by Gasteiger charge is -2.33. The summed E-state index contributed by atoms with van der Waals surface area (Å²) in [6.07, 6.45) is -4.92. The van der Waals surface area contributed by atoms with E-state index in [-0.39, 0.29) is 33.0 Å².